The first-order valence-electron chi connectivity index (χ1n) is 9.26. The minimum Gasteiger partial charge on any atom is -0.456 e. The van der Waals surface area contributed by atoms with E-state index in [0.717, 1.165) is 18.5 Å². The van der Waals surface area contributed by atoms with E-state index in [2.05, 4.69) is 19.7 Å². The third-order valence-corrected chi connectivity index (χ3v) is 4.87. The quantitative estimate of drug-likeness (QED) is 0.630. The molecule has 3 atom stereocenters. The molecule has 31 heavy (non-hydrogen) atoms. The van der Waals surface area contributed by atoms with Crippen LogP contribution in [0.15, 0.2) is 35.6 Å². The molecular formula is C20H21F3N4O4. The molecule has 0 radical (unpaired) electrons. The van der Waals surface area contributed by atoms with E-state index in [1.807, 2.05) is 0 Å². The molecule has 1 aliphatic rings. The Bertz CT molecular complexity index is 973. The number of rotatable bonds is 8. The van der Waals surface area contributed by atoms with Crippen molar-refractivity contribution in [3.63, 3.8) is 0 Å². The Morgan fingerprint density at radius 1 is 1.32 bits per heavy atom. The lowest BCUT2D eigenvalue weighted by Crippen LogP contribution is -2.51. The number of nitrogens with two attached hydrogens (primary N) is 1. The molecule has 0 spiro atoms. The zero-order valence-corrected chi connectivity index (χ0v) is 16.8. The fourth-order valence-corrected chi connectivity index (χ4v) is 3.32. The highest BCUT2D eigenvalue weighted by Crippen LogP contribution is 2.38. The smallest absolute Gasteiger partial charge is 0.283 e. The Morgan fingerprint density at radius 3 is 2.74 bits per heavy atom. The first kappa shape index (κ1) is 22.5. The molecule has 1 aromatic heterocycles. The van der Waals surface area contributed by atoms with Crippen LogP contribution in [0.3, 0.4) is 0 Å². The molecule has 8 nitrogen and oxygen atoms in total. The summed E-state index contributed by atoms with van der Waals surface area (Å²) < 4.78 is 56.7. The van der Waals surface area contributed by atoms with Crippen LogP contribution in [0.4, 0.5) is 13.2 Å². The number of carbonyl (C=O) groups is 1. The zero-order valence-electron chi connectivity index (χ0n) is 16.8. The highest BCUT2D eigenvalue weighted by atomic mass is 19.1. The van der Waals surface area contributed by atoms with Gasteiger partial charge in [0.25, 0.3) is 6.02 Å². The number of methoxy groups -OCH3 is 1. The first-order valence-corrected chi connectivity index (χ1v) is 9.26. The van der Waals surface area contributed by atoms with Gasteiger partial charge in [-0.05, 0) is 24.6 Å². The lowest BCUT2D eigenvalue weighted by molar-refractivity contribution is -0.0257. The molecule has 0 aliphatic carbocycles. The number of hydrogen-bond acceptors (Lipinski definition) is 8. The van der Waals surface area contributed by atoms with Gasteiger partial charge in [-0.15, -0.1) is 0 Å². The lowest BCUT2D eigenvalue weighted by atomic mass is 9.83. The van der Waals surface area contributed by atoms with Crippen LogP contribution in [-0.2, 0) is 21.4 Å². The second-order valence-corrected chi connectivity index (χ2v) is 7.02. The number of halogens is 3. The van der Waals surface area contributed by atoms with Gasteiger partial charge in [0.2, 0.25) is 12.7 Å². The monoisotopic (exact) mass is 438 g/mol. The van der Waals surface area contributed by atoms with E-state index in [9.17, 15) is 13.6 Å². The van der Waals surface area contributed by atoms with Gasteiger partial charge in [0.05, 0.1) is 19.0 Å². The average molecular weight is 438 g/mol. The summed E-state index contributed by atoms with van der Waals surface area (Å²) >= 11 is 0. The number of hydrogen-bond donors (Lipinski definition) is 1. The Hall–Kier alpha value is -3.21. The van der Waals surface area contributed by atoms with E-state index in [1.54, 1.807) is 0 Å². The normalized spacial score (nSPS) is 23.1. The lowest BCUT2D eigenvalue weighted by Gasteiger charge is -2.38. The molecule has 2 aromatic rings. The summed E-state index contributed by atoms with van der Waals surface area (Å²) in [5.41, 5.74) is 4.36. The molecule has 0 saturated heterocycles. The first-order chi connectivity index (χ1) is 14.8. The Balaban J connectivity index is 1.87. The third kappa shape index (κ3) is 4.76. The average Bonchev–Trinajstić information content (AvgIpc) is 2.74. The predicted octanol–water partition coefficient (Wildman–Crippen LogP) is 2.26. The maximum absolute atomic E-state index is 15.2. The summed E-state index contributed by atoms with van der Waals surface area (Å²) in [6, 6.07) is 3.61. The van der Waals surface area contributed by atoms with E-state index in [-0.39, 0.29) is 36.2 Å². The van der Waals surface area contributed by atoms with Gasteiger partial charge in [0.1, 0.15) is 17.1 Å². The molecule has 0 fully saturated rings. The highest BCUT2D eigenvalue weighted by Gasteiger charge is 2.48. The number of nitrogens with zero attached hydrogens (tertiary/aromatic N) is 3. The van der Waals surface area contributed by atoms with Crippen molar-refractivity contribution in [2.75, 3.05) is 20.6 Å². The van der Waals surface area contributed by atoms with Gasteiger partial charge >= 0.3 is 0 Å². The van der Waals surface area contributed by atoms with Crippen LogP contribution in [0.1, 0.15) is 28.5 Å². The summed E-state index contributed by atoms with van der Waals surface area (Å²) in [5.74, 6) is -1.19. The van der Waals surface area contributed by atoms with E-state index in [4.69, 9.17) is 15.2 Å². The summed E-state index contributed by atoms with van der Waals surface area (Å²) in [7, 11) is 1.38. The number of ether oxygens (including phenoxy) is 3. The molecule has 0 amide bonds. The highest BCUT2D eigenvalue weighted by molar-refractivity contribution is 5.95. The number of benzene rings is 1. The zero-order chi connectivity index (χ0) is 22.6. The van der Waals surface area contributed by atoms with Gasteiger partial charge in [-0.25, -0.2) is 28.1 Å². The molecular weight excluding hydrogens is 417 g/mol. The Kier molecular flexibility index (Phi) is 6.74. The van der Waals surface area contributed by atoms with Crippen LogP contribution < -0.4 is 10.5 Å². The molecule has 1 aromatic carbocycles. The molecule has 0 saturated carbocycles. The van der Waals surface area contributed by atoms with Crippen molar-refractivity contribution in [2.24, 2.45) is 10.7 Å². The maximum Gasteiger partial charge on any atom is 0.283 e. The number of ketones is 1. The van der Waals surface area contributed by atoms with Gasteiger partial charge in [0, 0.05) is 19.1 Å². The molecule has 3 rings (SSSR count). The number of aliphatic imine (C=N–C) groups is 1. The van der Waals surface area contributed by atoms with Crippen molar-refractivity contribution >= 4 is 11.8 Å². The van der Waals surface area contributed by atoms with Crippen molar-refractivity contribution in [1.82, 2.24) is 9.97 Å². The van der Waals surface area contributed by atoms with E-state index < -0.39 is 36.3 Å². The van der Waals surface area contributed by atoms with Crippen LogP contribution in [0.2, 0.25) is 0 Å². The molecule has 0 bridgehead atoms. The van der Waals surface area contributed by atoms with Crippen LogP contribution in [-0.4, -0.2) is 54.6 Å². The number of Topliss-reactive ketones (excluding diaryl/α,β-unsaturated/α-hetero) is 1. The molecule has 2 N–H and O–H groups in total. The van der Waals surface area contributed by atoms with E-state index >= 15 is 4.39 Å². The second kappa shape index (κ2) is 9.29. The number of alkyl halides is 2. The van der Waals surface area contributed by atoms with Gasteiger partial charge in [-0.1, -0.05) is 6.07 Å². The van der Waals surface area contributed by atoms with Gasteiger partial charge < -0.3 is 19.9 Å². The molecule has 11 heteroatoms. The Morgan fingerprint density at radius 2 is 2.10 bits per heavy atom. The predicted molar refractivity (Wildman–Crippen MR) is 104 cm³/mol. The van der Waals surface area contributed by atoms with Crippen molar-refractivity contribution < 1.29 is 32.2 Å². The summed E-state index contributed by atoms with van der Waals surface area (Å²) in [6.07, 6.45) is -0.718. The standard InChI is InChI=1S/C20H21F3N4O4/c1-20(18(23)16(9-29-2)31-19(24)27-20)12-5-11(3-4-13(12)22)6-15(28)14-7-26-17(8-25-14)30-10-21/h3-5,7-8,16,18H,6,9-10H2,1-2H3,(H2,24,27)/t16-,18+,20-/m1/s1. The van der Waals surface area contributed by atoms with Crippen molar-refractivity contribution in [3.05, 3.63) is 53.2 Å². The fourth-order valence-electron chi connectivity index (χ4n) is 3.32. The van der Waals surface area contributed by atoms with Crippen LogP contribution >= 0.6 is 0 Å². The van der Waals surface area contributed by atoms with Crippen molar-refractivity contribution in [1.29, 1.82) is 0 Å². The van der Waals surface area contributed by atoms with E-state index in [1.165, 1.54) is 26.2 Å². The SMILES string of the molecule is COC[C@H]1OC(N)=N[C@](C)(c2cc(CC(=O)c3cnc(OCF)cn3)ccc2F)[C@H]1F. The fraction of sp³-hybridized carbons (Fsp3) is 0.400. The van der Waals surface area contributed by atoms with Gasteiger partial charge in [-0.2, -0.15) is 0 Å². The van der Waals surface area contributed by atoms with Crippen LogP contribution in [0.5, 0.6) is 5.88 Å². The molecule has 166 valence electrons. The van der Waals surface area contributed by atoms with Gasteiger partial charge in [-0.3, -0.25) is 4.79 Å². The topological polar surface area (TPSA) is 109 Å². The van der Waals surface area contributed by atoms with Crippen molar-refractivity contribution in [3.8, 4) is 5.88 Å². The molecule has 0 unspecified atom stereocenters. The number of aromatic nitrogens is 2. The molecule has 1 aliphatic heterocycles. The molecule has 2 heterocycles. The number of carbonyl (C=O) groups excluding carboxylic acids is 1. The Labute approximate surface area is 176 Å². The maximum atomic E-state index is 15.2. The second-order valence-electron chi connectivity index (χ2n) is 7.02. The largest absolute Gasteiger partial charge is 0.456 e. The summed E-state index contributed by atoms with van der Waals surface area (Å²) in [5, 5.41) is 0. The minimum absolute atomic E-state index is 0.0140. The summed E-state index contributed by atoms with van der Waals surface area (Å²) in [6.45, 7) is 0.223. The van der Waals surface area contributed by atoms with Crippen LogP contribution in [0.25, 0.3) is 0 Å². The summed E-state index contributed by atoms with van der Waals surface area (Å²) in [4.78, 5) is 24.2. The van der Waals surface area contributed by atoms with E-state index in [0.29, 0.717) is 5.56 Å². The van der Waals surface area contributed by atoms with Crippen LogP contribution in [0, 0.1) is 5.82 Å². The number of amidine groups is 1. The van der Waals surface area contributed by atoms with Crippen molar-refractivity contribution in [2.45, 2.75) is 31.2 Å². The van der Waals surface area contributed by atoms with Gasteiger partial charge in [0.15, 0.2) is 18.1 Å². The third-order valence-electron chi connectivity index (χ3n) is 4.87. The minimum atomic E-state index is -1.76.